The molecule has 22 heteroatoms. The van der Waals surface area contributed by atoms with Crippen molar-refractivity contribution in [2.75, 3.05) is 95.8 Å². The van der Waals surface area contributed by atoms with Crippen LogP contribution in [0.3, 0.4) is 0 Å². The number of unbranched alkanes of at least 4 members (excludes halogenated alkanes) is 2. The fourth-order valence-electron chi connectivity index (χ4n) is 7.59. The van der Waals surface area contributed by atoms with Gasteiger partial charge in [0.25, 0.3) is 0 Å². The van der Waals surface area contributed by atoms with Gasteiger partial charge in [0.2, 0.25) is 29.5 Å². The molecule has 2 aromatic carbocycles. The van der Waals surface area contributed by atoms with Crippen LogP contribution in [0.2, 0.25) is 5.02 Å². The van der Waals surface area contributed by atoms with E-state index < -0.39 is 5.82 Å². The molecule has 2 aliphatic rings. The van der Waals surface area contributed by atoms with Crippen molar-refractivity contribution < 1.29 is 47.3 Å². The summed E-state index contributed by atoms with van der Waals surface area (Å²) in [5.41, 5.74) is 1.25. The van der Waals surface area contributed by atoms with E-state index >= 15 is 0 Å². The lowest BCUT2D eigenvalue weighted by Crippen LogP contribution is -2.36. The number of ether oxygens (including phenoxy) is 4. The van der Waals surface area contributed by atoms with Gasteiger partial charge in [-0.05, 0) is 88.9 Å². The smallest absolute Gasteiger partial charge is 0.315 e. The Kier molecular flexibility index (Phi) is 26.4. The molecule has 0 spiro atoms. The van der Waals surface area contributed by atoms with Gasteiger partial charge in [-0.15, -0.1) is 0 Å². The minimum absolute atomic E-state index is 0.0596. The summed E-state index contributed by atoms with van der Waals surface area (Å²) in [6.07, 6.45) is 12.0. The molecule has 0 bridgehead atoms. The van der Waals surface area contributed by atoms with Gasteiger partial charge in [-0.3, -0.25) is 19.2 Å². The molecule has 2 aliphatic heterocycles. The average Bonchev–Trinajstić information content (AvgIpc) is 3.91. The van der Waals surface area contributed by atoms with Crippen LogP contribution in [0, 0.1) is 5.82 Å². The number of anilines is 3. The summed E-state index contributed by atoms with van der Waals surface area (Å²) < 4.78 is 35.9. The first-order valence-corrected chi connectivity index (χ1v) is 26.1. The molecule has 2 fully saturated rings. The lowest BCUT2D eigenvalue weighted by molar-refractivity contribution is -0.123. The van der Waals surface area contributed by atoms with Gasteiger partial charge in [-0.25, -0.2) is 19.2 Å². The van der Waals surface area contributed by atoms with Gasteiger partial charge in [-0.2, -0.15) is 11.8 Å². The monoisotopic (exact) mass is 1040 g/mol. The standard InChI is InChI=1S/C50H70ClFN10O9S/c1-62(24-8-17-47(66)59-37-12-6-11-36(31-37)58-43-33-48(57-35-56-43)71-38-18-19-40(52)39(51)32-38)23-5-4-20-53-45(64)15-7-16-46(65)55-22-10-26-69-28-30-70-29-27-68-25-9-21-54-44(63)14-3-2-13-42-49-41(34-72-42)60-50(67)61-49/h6,8,11-12,17-19,31-33,35,41-42,49H,2-5,7,9-10,13-16,20-30,34H2,1H3,(H,53,64)(H,54,63)(H,55,65)(H,59,66)(H,56,57,58)(H2,60,61,67)/t41-,42-,49-/m0/s1. The van der Waals surface area contributed by atoms with Crippen molar-refractivity contribution in [1.29, 1.82) is 0 Å². The second-order valence-corrected chi connectivity index (χ2v) is 19.0. The third-order valence-electron chi connectivity index (χ3n) is 11.3. The van der Waals surface area contributed by atoms with Gasteiger partial charge >= 0.3 is 6.03 Å². The molecule has 3 atom stereocenters. The lowest BCUT2D eigenvalue weighted by atomic mass is 10.0. The van der Waals surface area contributed by atoms with Crippen molar-refractivity contribution in [3.05, 3.63) is 77.9 Å². The van der Waals surface area contributed by atoms with E-state index in [1.807, 2.05) is 24.9 Å². The van der Waals surface area contributed by atoms with Crippen LogP contribution < -0.4 is 42.0 Å². The number of halogens is 2. The molecule has 5 rings (SSSR count). The first-order chi connectivity index (χ1) is 35.0. The van der Waals surface area contributed by atoms with Crippen LogP contribution in [0.25, 0.3) is 0 Å². The predicted molar refractivity (Wildman–Crippen MR) is 276 cm³/mol. The number of hydrogen-bond donors (Lipinski definition) is 7. The van der Waals surface area contributed by atoms with Gasteiger partial charge in [0.05, 0.1) is 43.5 Å². The zero-order valence-corrected chi connectivity index (χ0v) is 42.6. The van der Waals surface area contributed by atoms with Crippen LogP contribution in [0.15, 0.2) is 67.0 Å². The first-order valence-electron chi connectivity index (χ1n) is 24.7. The molecule has 7 N–H and O–H groups in total. The number of amides is 6. The third-order valence-corrected chi connectivity index (χ3v) is 13.1. The van der Waals surface area contributed by atoms with Crippen LogP contribution in [0.4, 0.5) is 26.4 Å². The maximum Gasteiger partial charge on any atom is 0.315 e. The van der Waals surface area contributed by atoms with Crippen molar-refractivity contribution >= 4 is 70.2 Å². The molecule has 3 heterocycles. The molecule has 0 unspecified atom stereocenters. The molecule has 0 aliphatic carbocycles. The van der Waals surface area contributed by atoms with Crippen molar-refractivity contribution in [2.24, 2.45) is 0 Å². The number of aromatic nitrogens is 2. The van der Waals surface area contributed by atoms with E-state index in [1.165, 1.54) is 30.6 Å². The Bertz CT molecular complexity index is 2200. The topological polar surface area (TPSA) is 235 Å². The highest BCUT2D eigenvalue weighted by molar-refractivity contribution is 8.00. The second kappa shape index (κ2) is 33.2. The van der Waals surface area contributed by atoms with E-state index in [1.54, 1.807) is 30.3 Å². The Morgan fingerprint density at radius 2 is 1.46 bits per heavy atom. The van der Waals surface area contributed by atoms with Crippen molar-refractivity contribution in [3.8, 4) is 11.6 Å². The van der Waals surface area contributed by atoms with Crippen molar-refractivity contribution in [2.45, 2.75) is 88.0 Å². The predicted octanol–water partition coefficient (Wildman–Crippen LogP) is 6.09. The molecule has 72 heavy (non-hydrogen) atoms. The van der Waals surface area contributed by atoms with E-state index in [4.69, 9.17) is 30.5 Å². The summed E-state index contributed by atoms with van der Waals surface area (Å²) in [4.78, 5) is 71.1. The Labute approximate surface area is 430 Å². The second-order valence-electron chi connectivity index (χ2n) is 17.3. The minimum Gasteiger partial charge on any atom is -0.439 e. The lowest BCUT2D eigenvalue weighted by Gasteiger charge is -2.16. The number of carbonyl (C=O) groups excluding carboxylic acids is 5. The number of urea groups is 1. The van der Waals surface area contributed by atoms with E-state index in [0.717, 1.165) is 50.8 Å². The molecule has 2 saturated heterocycles. The Balaban J connectivity index is 0.752. The van der Waals surface area contributed by atoms with Crippen LogP contribution in [-0.2, 0) is 33.4 Å². The maximum absolute atomic E-state index is 13.5. The van der Waals surface area contributed by atoms with Crippen LogP contribution in [-0.4, -0.2) is 147 Å². The van der Waals surface area contributed by atoms with Gasteiger partial charge in [0.15, 0.2) is 0 Å². The molecule has 6 amide bonds. The van der Waals surface area contributed by atoms with Crippen molar-refractivity contribution in [1.82, 2.24) is 41.5 Å². The Morgan fingerprint density at radius 1 is 0.792 bits per heavy atom. The third kappa shape index (κ3) is 23.3. The van der Waals surface area contributed by atoms with Crippen molar-refractivity contribution in [3.63, 3.8) is 0 Å². The van der Waals surface area contributed by atoms with Crippen LogP contribution in [0.1, 0.15) is 70.6 Å². The molecule has 0 saturated carbocycles. The highest BCUT2D eigenvalue weighted by Gasteiger charge is 2.42. The minimum atomic E-state index is -0.551. The highest BCUT2D eigenvalue weighted by atomic mass is 35.5. The fourth-order valence-corrected chi connectivity index (χ4v) is 9.31. The first kappa shape index (κ1) is 57.3. The largest absolute Gasteiger partial charge is 0.439 e. The van der Waals surface area contributed by atoms with Crippen LogP contribution in [0.5, 0.6) is 11.6 Å². The number of fused-ring (bicyclic) bond motifs is 1. The van der Waals surface area contributed by atoms with Gasteiger partial charge in [0.1, 0.15) is 23.7 Å². The number of likely N-dealkylation sites (N-methyl/N-ethyl adjacent to an activating group) is 1. The quantitative estimate of drug-likeness (QED) is 0.0199. The summed E-state index contributed by atoms with van der Waals surface area (Å²) in [6.45, 7) is 5.85. The SMILES string of the molecule is CN(CC=CC(=O)Nc1cccc(Nc2cc(Oc3ccc(F)c(Cl)c3)ncn2)c1)CCCCNC(=O)CCCC(=O)NCCCOCCOCCOCCCNC(=O)CCCC[C@@H]1SC[C@@H]2NC(=O)N[C@@H]21. The summed E-state index contributed by atoms with van der Waals surface area (Å²) in [5.74, 6) is 1.01. The highest BCUT2D eigenvalue weighted by Crippen LogP contribution is 2.33. The fraction of sp³-hybridized carbons (Fsp3) is 0.540. The molecule has 0 radical (unpaired) electrons. The normalized spacial score (nSPS) is 16.0. The number of benzene rings is 2. The number of thioether (sulfide) groups is 1. The Morgan fingerprint density at radius 3 is 2.17 bits per heavy atom. The number of rotatable bonds is 36. The van der Waals surface area contributed by atoms with E-state index in [-0.39, 0.29) is 65.5 Å². The zero-order valence-electron chi connectivity index (χ0n) is 41.0. The molecule has 3 aromatic rings. The van der Waals surface area contributed by atoms with Gasteiger partial charge in [0, 0.05) is 99.2 Å². The summed E-state index contributed by atoms with van der Waals surface area (Å²) in [7, 11) is 1.96. The number of nitrogens with zero attached hydrogens (tertiary/aromatic N) is 3. The number of hydrogen-bond acceptors (Lipinski definition) is 14. The average molecular weight is 1040 g/mol. The Hall–Kier alpha value is -5.58. The van der Waals surface area contributed by atoms with Gasteiger partial charge < -0.3 is 61.1 Å². The summed E-state index contributed by atoms with van der Waals surface area (Å²) in [6, 6.07) is 13.1. The van der Waals surface area contributed by atoms with E-state index in [0.29, 0.717) is 113 Å². The molecular weight excluding hydrogens is 971 g/mol. The summed E-state index contributed by atoms with van der Waals surface area (Å²) in [5, 5.41) is 21.1. The maximum atomic E-state index is 13.5. The van der Waals surface area contributed by atoms with E-state index in [2.05, 4.69) is 52.1 Å². The molecule has 394 valence electrons. The number of nitrogens with one attached hydrogen (secondary N) is 7. The molecule has 19 nitrogen and oxygen atoms in total. The van der Waals surface area contributed by atoms with Gasteiger partial charge in [-0.1, -0.05) is 30.2 Å². The number of carbonyl (C=O) groups is 5. The molecule has 1 aromatic heterocycles. The molecular formula is C50H70ClFN10O9S. The zero-order chi connectivity index (χ0) is 51.2. The van der Waals surface area contributed by atoms with Crippen LogP contribution >= 0.6 is 23.4 Å². The van der Waals surface area contributed by atoms with E-state index in [9.17, 15) is 28.4 Å². The summed E-state index contributed by atoms with van der Waals surface area (Å²) >= 11 is 7.74.